The van der Waals surface area contributed by atoms with Gasteiger partial charge in [0.05, 0.1) is 18.8 Å². The molecule has 0 saturated carbocycles. The molecular weight excluding hydrogens is 198 g/mol. The summed E-state index contributed by atoms with van der Waals surface area (Å²) in [5.74, 6) is 0. The highest BCUT2D eigenvalue weighted by Crippen LogP contribution is 2.18. The molecule has 0 radical (unpaired) electrons. The number of hydrogen-bond acceptors (Lipinski definition) is 5. The van der Waals surface area contributed by atoms with Gasteiger partial charge in [0.1, 0.15) is 0 Å². The number of aliphatic hydroxyl groups is 1. The van der Waals surface area contributed by atoms with Gasteiger partial charge in [0.25, 0.3) is 0 Å². The maximum absolute atomic E-state index is 10.1. The minimum Gasteiger partial charge on any atom is -0.387 e. The van der Waals surface area contributed by atoms with Crippen molar-refractivity contribution in [3.63, 3.8) is 0 Å². The molecule has 5 heteroatoms. The Bertz CT molecular complexity index is 167. The van der Waals surface area contributed by atoms with Gasteiger partial charge in [-0.3, -0.25) is 0 Å². The van der Waals surface area contributed by atoms with E-state index in [1.54, 1.807) is 14.2 Å². The molecule has 5 nitrogen and oxygen atoms in total. The first-order valence-electron chi connectivity index (χ1n) is 5.26. The molecule has 0 aromatic heterocycles. The summed E-state index contributed by atoms with van der Waals surface area (Å²) in [5, 5.41) is 13.3. The van der Waals surface area contributed by atoms with E-state index in [0.29, 0.717) is 13.2 Å². The lowest BCUT2D eigenvalue weighted by Crippen LogP contribution is -2.45. The summed E-state index contributed by atoms with van der Waals surface area (Å²) in [5.41, 5.74) is -0.683. The van der Waals surface area contributed by atoms with Crippen molar-refractivity contribution in [2.24, 2.45) is 0 Å². The van der Waals surface area contributed by atoms with Crippen LogP contribution in [-0.2, 0) is 14.2 Å². The first-order chi connectivity index (χ1) is 7.20. The average molecular weight is 219 g/mol. The SMILES string of the molecule is COC(COCC1(O)CCNCC1)OC. The molecule has 1 rings (SSSR count). The van der Waals surface area contributed by atoms with Crippen LogP contribution in [0.2, 0.25) is 0 Å². The molecule has 0 unspecified atom stereocenters. The summed E-state index contributed by atoms with van der Waals surface area (Å²) < 4.78 is 15.4. The Morgan fingerprint density at radius 3 is 2.40 bits per heavy atom. The Labute approximate surface area is 90.7 Å². The van der Waals surface area contributed by atoms with Crippen molar-refractivity contribution in [3.05, 3.63) is 0 Å². The van der Waals surface area contributed by atoms with Gasteiger partial charge in [-0.2, -0.15) is 0 Å². The molecule has 0 aromatic carbocycles. The first-order valence-corrected chi connectivity index (χ1v) is 5.26. The Kier molecular flexibility index (Phi) is 5.49. The number of methoxy groups -OCH3 is 2. The number of piperidine rings is 1. The van der Waals surface area contributed by atoms with Crippen molar-refractivity contribution in [2.75, 3.05) is 40.5 Å². The van der Waals surface area contributed by atoms with Crippen molar-refractivity contribution in [2.45, 2.75) is 24.7 Å². The first kappa shape index (κ1) is 12.9. The molecule has 1 aliphatic rings. The summed E-state index contributed by atoms with van der Waals surface area (Å²) >= 11 is 0. The van der Waals surface area contributed by atoms with Crippen LogP contribution >= 0.6 is 0 Å². The average Bonchev–Trinajstić information content (AvgIpc) is 2.25. The summed E-state index contributed by atoms with van der Waals surface area (Å²) in [6.45, 7) is 2.39. The number of rotatable bonds is 6. The quantitative estimate of drug-likeness (QED) is 0.603. The molecule has 0 bridgehead atoms. The second-order valence-electron chi connectivity index (χ2n) is 3.89. The van der Waals surface area contributed by atoms with Crippen molar-refractivity contribution >= 4 is 0 Å². The number of ether oxygens (including phenoxy) is 3. The lowest BCUT2D eigenvalue weighted by molar-refractivity contribution is -0.158. The van der Waals surface area contributed by atoms with Gasteiger partial charge in [-0.1, -0.05) is 0 Å². The predicted molar refractivity (Wildman–Crippen MR) is 55.7 cm³/mol. The van der Waals surface area contributed by atoms with E-state index in [1.807, 2.05) is 0 Å². The number of nitrogens with one attached hydrogen (secondary N) is 1. The largest absolute Gasteiger partial charge is 0.387 e. The van der Waals surface area contributed by atoms with Crippen molar-refractivity contribution in [1.82, 2.24) is 5.32 Å². The van der Waals surface area contributed by atoms with Gasteiger partial charge < -0.3 is 24.6 Å². The van der Waals surface area contributed by atoms with E-state index < -0.39 is 5.60 Å². The van der Waals surface area contributed by atoms with Gasteiger partial charge in [-0.25, -0.2) is 0 Å². The maximum atomic E-state index is 10.1. The Hall–Kier alpha value is -0.200. The van der Waals surface area contributed by atoms with E-state index in [9.17, 15) is 5.11 Å². The molecule has 90 valence electrons. The van der Waals surface area contributed by atoms with Crippen LogP contribution in [0.4, 0.5) is 0 Å². The van der Waals surface area contributed by atoms with Gasteiger partial charge >= 0.3 is 0 Å². The highest BCUT2D eigenvalue weighted by atomic mass is 16.7. The van der Waals surface area contributed by atoms with E-state index in [0.717, 1.165) is 25.9 Å². The highest BCUT2D eigenvalue weighted by Gasteiger charge is 2.29. The van der Waals surface area contributed by atoms with Gasteiger partial charge in [-0.05, 0) is 25.9 Å². The Balaban J connectivity index is 2.17. The standard InChI is InChI=1S/C10H21NO4/c1-13-9(14-2)7-15-8-10(12)3-5-11-6-4-10/h9,11-12H,3-8H2,1-2H3. The van der Waals surface area contributed by atoms with Gasteiger partial charge in [0.15, 0.2) is 6.29 Å². The van der Waals surface area contributed by atoms with Crippen LogP contribution in [0.1, 0.15) is 12.8 Å². The van der Waals surface area contributed by atoms with Gasteiger partial charge in [0, 0.05) is 14.2 Å². The van der Waals surface area contributed by atoms with Crippen molar-refractivity contribution in [3.8, 4) is 0 Å². The molecule has 1 saturated heterocycles. The highest BCUT2D eigenvalue weighted by molar-refractivity contribution is 4.83. The fourth-order valence-corrected chi connectivity index (χ4v) is 1.61. The zero-order valence-corrected chi connectivity index (χ0v) is 9.49. The maximum Gasteiger partial charge on any atom is 0.180 e. The summed E-state index contributed by atoms with van der Waals surface area (Å²) in [6.07, 6.45) is 1.12. The fourth-order valence-electron chi connectivity index (χ4n) is 1.61. The molecule has 1 aliphatic heterocycles. The molecule has 0 atom stereocenters. The minimum absolute atomic E-state index is 0.345. The lowest BCUT2D eigenvalue weighted by Gasteiger charge is -2.32. The van der Waals surface area contributed by atoms with Crippen LogP contribution in [0.25, 0.3) is 0 Å². The topological polar surface area (TPSA) is 60.0 Å². The Morgan fingerprint density at radius 2 is 1.87 bits per heavy atom. The monoisotopic (exact) mass is 219 g/mol. The lowest BCUT2D eigenvalue weighted by atomic mass is 9.94. The third-order valence-electron chi connectivity index (χ3n) is 2.68. The van der Waals surface area contributed by atoms with E-state index >= 15 is 0 Å². The van der Waals surface area contributed by atoms with E-state index in [1.165, 1.54) is 0 Å². The Morgan fingerprint density at radius 1 is 1.27 bits per heavy atom. The molecular formula is C10H21NO4. The van der Waals surface area contributed by atoms with E-state index in [-0.39, 0.29) is 6.29 Å². The van der Waals surface area contributed by atoms with Crippen LogP contribution in [0, 0.1) is 0 Å². The van der Waals surface area contributed by atoms with Crippen molar-refractivity contribution in [1.29, 1.82) is 0 Å². The fraction of sp³-hybridized carbons (Fsp3) is 1.00. The molecule has 1 heterocycles. The van der Waals surface area contributed by atoms with Gasteiger partial charge in [-0.15, -0.1) is 0 Å². The van der Waals surface area contributed by atoms with E-state index in [4.69, 9.17) is 14.2 Å². The van der Waals surface area contributed by atoms with Crippen LogP contribution < -0.4 is 5.32 Å². The molecule has 15 heavy (non-hydrogen) atoms. The second kappa shape index (κ2) is 6.40. The zero-order chi connectivity index (χ0) is 11.1. The molecule has 0 spiro atoms. The summed E-state index contributed by atoms with van der Waals surface area (Å²) in [7, 11) is 3.13. The third-order valence-corrected chi connectivity index (χ3v) is 2.68. The van der Waals surface area contributed by atoms with Gasteiger partial charge in [0.2, 0.25) is 0 Å². The molecule has 1 fully saturated rings. The second-order valence-corrected chi connectivity index (χ2v) is 3.89. The van der Waals surface area contributed by atoms with Crippen molar-refractivity contribution < 1.29 is 19.3 Å². The minimum atomic E-state index is -0.683. The molecule has 0 aliphatic carbocycles. The predicted octanol–water partition coefficient (Wildman–Crippen LogP) is -0.264. The number of hydrogen-bond donors (Lipinski definition) is 2. The van der Waals surface area contributed by atoms with E-state index in [2.05, 4.69) is 5.32 Å². The van der Waals surface area contributed by atoms with Crippen LogP contribution in [0.3, 0.4) is 0 Å². The molecule has 0 amide bonds. The zero-order valence-electron chi connectivity index (χ0n) is 9.49. The van der Waals surface area contributed by atoms with Crippen LogP contribution in [0.15, 0.2) is 0 Å². The van der Waals surface area contributed by atoms with Crippen LogP contribution in [0.5, 0.6) is 0 Å². The van der Waals surface area contributed by atoms with Crippen LogP contribution in [-0.4, -0.2) is 57.5 Å². The molecule has 2 N–H and O–H groups in total. The normalized spacial score (nSPS) is 20.8. The summed E-state index contributed by atoms with van der Waals surface area (Å²) in [6, 6.07) is 0. The summed E-state index contributed by atoms with van der Waals surface area (Å²) in [4.78, 5) is 0. The smallest absolute Gasteiger partial charge is 0.180 e. The third kappa shape index (κ3) is 4.44. The molecule has 0 aromatic rings.